The van der Waals surface area contributed by atoms with E-state index < -0.39 is 0 Å². The number of para-hydroxylation sites is 1. The summed E-state index contributed by atoms with van der Waals surface area (Å²) in [7, 11) is 0. The Hall–Kier alpha value is -1.06. The molecule has 0 fully saturated rings. The van der Waals surface area contributed by atoms with E-state index in [2.05, 4.69) is 37.8 Å². The third kappa shape index (κ3) is 4.22. The Morgan fingerprint density at radius 3 is 2.42 bits per heavy atom. The first-order valence-corrected chi connectivity index (χ1v) is 7.33. The summed E-state index contributed by atoms with van der Waals surface area (Å²) in [6.45, 7) is 11.0. The molecular formula is C16H28N2O. The molecule has 0 spiro atoms. The molecule has 1 unspecified atom stereocenters. The van der Waals surface area contributed by atoms with Crippen molar-refractivity contribution >= 4 is 0 Å². The number of rotatable bonds is 8. The van der Waals surface area contributed by atoms with E-state index >= 15 is 0 Å². The summed E-state index contributed by atoms with van der Waals surface area (Å²) in [5.41, 5.74) is 7.24. The van der Waals surface area contributed by atoms with E-state index in [9.17, 15) is 0 Å². The number of hydrogen-bond donors (Lipinski definition) is 1. The highest BCUT2D eigenvalue weighted by molar-refractivity contribution is 5.36. The van der Waals surface area contributed by atoms with Crippen LogP contribution in [0, 0.1) is 0 Å². The lowest BCUT2D eigenvalue weighted by Crippen LogP contribution is -2.39. The molecule has 108 valence electrons. The number of hydrogen-bond acceptors (Lipinski definition) is 3. The third-order valence-electron chi connectivity index (χ3n) is 3.35. The summed E-state index contributed by atoms with van der Waals surface area (Å²) >= 11 is 0. The van der Waals surface area contributed by atoms with Crippen LogP contribution in [0.2, 0.25) is 0 Å². The van der Waals surface area contributed by atoms with Crippen LogP contribution in [0.5, 0.6) is 5.75 Å². The molecule has 0 bridgehead atoms. The average Bonchev–Trinajstić information content (AvgIpc) is 2.40. The molecule has 0 amide bonds. The molecule has 3 heteroatoms. The first-order chi connectivity index (χ1) is 9.15. The Balaban J connectivity index is 3.06. The Morgan fingerprint density at radius 2 is 1.89 bits per heavy atom. The maximum absolute atomic E-state index is 6.04. The fourth-order valence-corrected chi connectivity index (χ4v) is 2.52. The maximum atomic E-state index is 6.04. The Bertz CT molecular complexity index is 366. The molecule has 0 aliphatic rings. The van der Waals surface area contributed by atoms with Gasteiger partial charge < -0.3 is 10.5 Å². The van der Waals surface area contributed by atoms with Gasteiger partial charge in [0.1, 0.15) is 5.75 Å². The van der Waals surface area contributed by atoms with Crippen LogP contribution in [0.4, 0.5) is 0 Å². The van der Waals surface area contributed by atoms with E-state index in [1.807, 2.05) is 19.1 Å². The highest BCUT2D eigenvalue weighted by Crippen LogP contribution is 2.30. The molecule has 0 saturated carbocycles. The van der Waals surface area contributed by atoms with Gasteiger partial charge >= 0.3 is 0 Å². The van der Waals surface area contributed by atoms with Crippen molar-refractivity contribution in [3.63, 3.8) is 0 Å². The summed E-state index contributed by atoms with van der Waals surface area (Å²) in [6.07, 6.45) is 1.13. The zero-order valence-corrected chi connectivity index (χ0v) is 12.7. The van der Waals surface area contributed by atoms with Gasteiger partial charge in [0.05, 0.1) is 12.6 Å². The molecule has 3 nitrogen and oxygen atoms in total. The molecule has 2 N–H and O–H groups in total. The topological polar surface area (TPSA) is 38.5 Å². The van der Waals surface area contributed by atoms with Gasteiger partial charge in [-0.25, -0.2) is 0 Å². The quantitative estimate of drug-likeness (QED) is 0.783. The first kappa shape index (κ1) is 16.0. The van der Waals surface area contributed by atoms with Gasteiger partial charge in [0, 0.05) is 18.2 Å². The van der Waals surface area contributed by atoms with Gasteiger partial charge in [-0.1, -0.05) is 25.1 Å². The van der Waals surface area contributed by atoms with Crippen LogP contribution in [0.1, 0.15) is 45.7 Å². The highest BCUT2D eigenvalue weighted by atomic mass is 16.5. The molecule has 1 aromatic carbocycles. The molecule has 0 saturated heterocycles. The largest absolute Gasteiger partial charge is 0.494 e. The molecule has 19 heavy (non-hydrogen) atoms. The van der Waals surface area contributed by atoms with E-state index in [1.54, 1.807) is 0 Å². The van der Waals surface area contributed by atoms with E-state index in [-0.39, 0.29) is 6.04 Å². The highest BCUT2D eigenvalue weighted by Gasteiger charge is 2.23. The van der Waals surface area contributed by atoms with Crippen LogP contribution in [-0.2, 0) is 0 Å². The van der Waals surface area contributed by atoms with Gasteiger partial charge in [-0.2, -0.15) is 0 Å². The molecule has 0 aromatic heterocycles. The van der Waals surface area contributed by atoms with Crippen LogP contribution < -0.4 is 10.5 Å². The fourth-order valence-electron chi connectivity index (χ4n) is 2.52. The maximum Gasteiger partial charge on any atom is 0.124 e. The Labute approximate surface area is 117 Å². The normalized spacial score (nSPS) is 13.0. The second kappa shape index (κ2) is 8.18. The lowest BCUT2D eigenvalue weighted by molar-refractivity contribution is 0.154. The summed E-state index contributed by atoms with van der Waals surface area (Å²) in [5.74, 6) is 0.960. The fraction of sp³-hybridized carbons (Fsp3) is 0.625. The summed E-state index contributed by atoms with van der Waals surface area (Å²) < 4.78 is 5.75. The van der Waals surface area contributed by atoms with Gasteiger partial charge in [-0.15, -0.1) is 0 Å². The molecular weight excluding hydrogens is 236 g/mol. The monoisotopic (exact) mass is 264 g/mol. The van der Waals surface area contributed by atoms with E-state index in [0.717, 1.165) is 18.7 Å². The Kier molecular flexibility index (Phi) is 6.89. The van der Waals surface area contributed by atoms with Gasteiger partial charge in [-0.3, -0.25) is 4.90 Å². The second-order valence-electron chi connectivity index (χ2n) is 5.05. The Morgan fingerprint density at radius 1 is 1.21 bits per heavy atom. The second-order valence-corrected chi connectivity index (χ2v) is 5.05. The van der Waals surface area contributed by atoms with Gasteiger partial charge in [0.15, 0.2) is 0 Å². The number of nitrogens with two attached hydrogens (primary N) is 1. The van der Waals surface area contributed by atoms with Gasteiger partial charge in [-0.05, 0) is 39.8 Å². The molecule has 0 heterocycles. The van der Waals surface area contributed by atoms with Crippen LogP contribution in [0.15, 0.2) is 24.3 Å². The van der Waals surface area contributed by atoms with Crippen molar-refractivity contribution < 1.29 is 4.74 Å². The molecule has 1 atom stereocenters. The zero-order chi connectivity index (χ0) is 14.3. The minimum absolute atomic E-state index is 0.225. The van der Waals surface area contributed by atoms with Crippen LogP contribution in [0.3, 0.4) is 0 Å². The van der Waals surface area contributed by atoms with Crippen molar-refractivity contribution in [1.29, 1.82) is 0 Å². The smallest absolute Gasteiger partial charge is 0.124 e. The van der Waals surface area contributed by atoms with Gasteiger partial charge in [0.25, 0.3) is 0 Å². The van der Waals surface area contributed by atoms with Crippen LogP contribution in [-0.4, -0.2) is 30.6 Å². The van der Waals surface area contributed by atoms with E-state index in [0.29, 0.717) is 19.2 Å². The average molecular weight is 264 g/mol. The zero-order valence-electron chi connectivity index (χ0n) is 12.7. The van der Waals surface area contributed by atoms with Crippen LogP contribution in [0.25, 0.3) is 0 Å². The number of benzene rings is 1. The molecule has 0 aliphatic heterocycles. The number of nitrogens with zero attached hydrogens (tertiary/aromatic N) is 1. The third-order valence-corrected chi connectivity index (χ3v) is 3.35. The minimum Gasteiger partial charge on any atom is -0.494 e. The SMILES string of the molecule is CCCN(C(C)C)C(CN)c1ccccc1OCC. The predicted molar refractivity (Wildman–Crippen MR) is 81.5 cm³/mol. The molecule has 1 aromatic rings. The van der Waals surface area contributed by atoms with E-state index in [1.165, 1.54) is 5.56 Å². The lowest BCUT2D eigenvalue weighted by atomic mass is 10.0. The van der Waals surface area contributed by atoms with E-state index in [4.69, 9.17) is 10.5 Å². The predicted octanol–water partition coefficient (Wildman–Crippen LogP) is 3.21. The first-order valence-electron chi connectivity index (χ1n) is 7.33. The van der Waals surface area contributed by atoms with Crippen molar-refractivity contribution in [2.75, 3.05) is 19.7 Å². The number of ether oxygens (including phenoxy) is 1. The summed E-state index contributed by atoms with van der Waals surface area (Å²) in [5, 5.41) is 0. The van der Waals surface area contributed by atoms with Crippen molar-refractivity contribution in [2.45, 2.75) is 46.2 Å². The van der Waals surface area contributed by atoms with Crippen LogP contribution >= 0.6 is 0 Å². The minimum atomic E-state index is 0.225. The van der Waals surface area contributed by atoms with Crippen molar-refractivity contribution in [2.24, 2.45) is 5.73 Å². The molecule has 0 radical (unpaired) electrons. The van der Waals surface area contributed by atoms with Gasteiger partial charge in [0.2, 0.25) is 0 Å². The van der Waals surface area contributed by atoms with Crippen molar-refractivity contribution in [3.05, 3.63) is 29.8 Å². The molecule has 1 rings (SSSR count). The molecule has 0 aliphatic carbocycles. The summed E-state index contributed by atoms with van der Waals surface area (Å²) in [4.78, 5) is 2.46. The summed E-state index contributed by atoms with van der Waals surface area (Å²) in [6, 6.07) is 8.94. The lowest BCUT2D eigenvalue weighted by Gasteiger charge is -2.35. The standard InChI is InChI=1S/C16H28N2O/c1-5-11-18(13(3)4)15(12-17)14-9-7-8-10-16(14)19-6-2/h7-10,13,15H,5-6,11-12,17H2,1-4H3. The van der Waals surface area contributed by atoms with Crippen molar-refractivity contribution in [1.82, 2.24) is 4.90 Å². The van der Waals surface area contributed by atoms with Crippen molar-refractivity contribution in [3.8, 4) is 5.75 Å².